The summed E-state index contributed by atoms with van der Waals surface area (Å²) in [6.45, 7) is 19.2. The lowest BCUT2D eigenvalue weighted by Gasteiger charge is -2.09. The van der Waals surface area contributed by atoms with Crippen LogP contribution in [0.3, 0.4) is 0 Å². The van der Waals surface area contributed by atoms with Gasteiger partial charge in [0.2, 0.25) is 0 Å². The fraction of sp³-hybridized carbons (Fsp3) is 0.0769. The third-order valence-corrected chi connectivity index (χ3v) is 6.95. The molecule has 0 spiro atoms. The summed E-state index contributed by atoms with van der Waals surface area (Å²) >= 11 is 1.60. The molecule has 0 aliphatic heterocycles. The first-order valence-electron chi connectivity index (χ1n) is 9.48. The average Bonchev–Trinajstić information content (AvgIpc) is 3.37. The third kappa shape index (κ3) is 2.36. The van der Waals surface area contributed by atoms with Crippen molar-refractivity contribution in [1.29, 1.82) is 10.5 Å². The number of fused-ring (bicyclic) bond motifs is 7. The number of aryl methyl sites for hydroxylation is 2. The average molecular weight is 412 g/mol. The van der Waals surface area contributed by atoms with Gasteiger partial charge in [0, 0.05) is 20.9 Å². The number of hydrogen-bond donors (Lipinski definition) is 0. The van der Waals surface area contributed by atoms with Gasteiger partial charge in [-0.25, -0.2) is 20.2 Å². The monoisotopic (exact) mass is 412 g/mol. The van der Waals surface area contributed by atoms with Crippen LogP contribution in [0, 0.1) is 49.7 Å². The van der Waals surface area contributed by atoms with E-state index in [4.69, 9.17) is 13.1 Å². The summed E-state index contributed by atoms with van der Waals surface area (Å²) in [4.78, 5) is 9.02. The van der Waals surface area contributed by atoms with Gasteiger partial charge in [0.25, 0.3) is 11.4 Å². The molecule has 5 heteroatoms. The molecule has 0 amide bonds. The summed E-state index contributed by atoms with van der Waals surface area (Å²) in [7, 11) is 0. The van der Waals surface area contributed by atoms with Gasteiger partial charge in [0.15, 0.2) is 0 Å². The summed E-state index contributed by atoms with van der Waals surface area (Å²) in [6, 6.07) is 16.2. The Morgan fingerprint density at radius 1 is 0.742 bits per heavy atom. The van der Waals surface area contributed by atoms with Crippen molar-refractivity contribution >= 4 is 22.5 Å². The highest BCUT2D eigenvalue weighted by atomic mass is 32.1. The number of thiophene rings is 1. The molecule has 0 saturated carbocycles. The van der Waals surface area contributed by atoms with Crippen LogP contribution < -0.4 is 0 Å². The summed E-state index contributed by atoms with van der Waals surface area (Å²) in [5, 5.41) is 19.5. The van der Waals surface area contributed by atoms with Gasteiger partial charge in [0.05, 0.1) is 25.3 Å². The van der Waals surface area contributed by atoms with Crippen molar-refractivity contribution in [2.24, 2.45) is 0 Å². The molecule has 0 bridgehead atoms. The fourth-order valence-electron chi connectivity index (χ4n) is 4.45. The van der Waals surface area contributed by atoms with Gasteiger partial charge in [-0.05, 0) is 47.2 Å². The molecule has 0 unspecified atom stereocenters. The maximum Gasteiger partial charge on any atom is 0.270 e. The number of allylic oxidation sites excluding steroid dienone is 2. The van der Waals surface area contributed by atoms with Crippen LogP contribution in [0.4, 0.5) is 0 Å². The molecule has 1 aromatic heterocycles. The van der Waals surface area contributed by atoms with E-state index in [0.717, 1.165) is 54.3 Å². The molecule has 5 rings (SSSR count). The predicted octanol–water partition coefficient (Wildman–Crippen LogP) is 6.73. The van der Waals surface area contributed by atoms with E-state index in [1.807, 2.05) is 50.2 Å². The van der Waals surface area contributed by atoms with Gasteiger partial charge < -0.3 is 0 Å². The van der Waals surface area contributed by atoms with Crippen LogP contribution >= 0.6 is 11.3 Å². The summed E-state index contributed by atoms with van der Waals surface area (Å²) in [5.74, 6) is 0. The SMILES string of the molecule is [C-]#[N+]/C(C#N)=C1/c2cc(C)ccc2-c2sc3c(c21)/C(=C(\C#N)[N+]#[C-])c1cc(C)ccc1-3. The zero-order valence-corrected chi connectivity index (χ0v) is 17.5. The third-order valence-electron chi connectivity index (χ3n) is 5.70. The number of hydrogen-bond acceptors (Lipinski definition) is 3. The summed E-state index contributed by atoms with van der Waals surface area (Å²) in [5.41, 5.74) is 8.65. The van der Waals surface area contributed by atoms with E-state index in [1.165, 1.54) is 0 Å². The zero-order valence-electron chi connectivity index (χ0n) is 16.7. The van der Waals surface area contributed by atoms with E-state index in [0.29, 0.717) is 11.1 Å². The van der Waals surface area contributed by atoms with E-state index in [9.17, 15) is 10.5 Å². The second kappa shape index (κ2) is 6.55. The lowest BCUT2D eigenvalue weighted by molar-refractivity contribution is 1.45. The first kappa shape index (κ1) is 18.6. The first-order chi connectivity index (χ1) is 15.0. The molecule has 0 saturated heterocycles. The van der Waals surface area contributed by atoms with E-state index in [2.05, 4.69) is 21.8 Å². The molecule has 3 aromatic rings. The van der Waals surface area contributed by atoms with Gasteiger partial charge >= 0.3 is 0 Å². The largest absolute Gasteiger partial charge is 0.270 e. The Balaban J connectivity index is 1.99. The van der Waals surface area contributed by atoms with Gasteiger partial charge in [-0.3, -0.25) is 0 Å². The highest BCUT2D eigenvalue weighted by molar-refractivity contribution is 7.20. The normalized spacial score (nSPS) is 15.4. The highest BCUT2D eigenvalue weighted by Crippen LogP contribution is 2.61. The number of nitriles is 2. The number of benzene rings is 2. The quantitative estimate of drug-likeness (QED) is 0.209. The predicted molar refractivity (Wildman–Crippen MR) is 121 cm³/mol. The maximum absolute atomic E-state index is 9.74. The van der Waals surface area contributed by atoms with Gasteiger partial charge in [0.1, 0.15) is 0 Å². The van der Waals surface area contributed by atoms with Crippen LogP contribution in [0.15, 0.2) is 47.8 Å². The fourth-order valence-corrected chi connectivity index (χ4v) is 5.84. The summed E-state index contributed by atoms with van der Waals surface area (Å²) in [6.07, 6.45) is 0. The molecule has 2 aliphatic rings. The standard InChI is InChI=1S/C26H12N4S/c1-13-5-7-15-17(9-13)21(19(11-27)29-3)23-24-22(20(12-28)30-4)18-10-14(2)6-8-16(18)26(24)31-25(15)23/h5-10H,1-2H3/b21-19-,22-20+. The number of rotatable bonds is 0. The van der Waals surface area contributed by atoms with Crippen LogP contribution in [0.5, 0.6) is 0 Å². The Kier molecular flexibility index (Phi) is 3.93. The topological polar surface area (TPSA) is 56.3 Å². The molecule has 2 aliphatic carbocycles. The molecule has 1 heterocycles. The van der Waals surface area contributed by atoms with E-state index < -0.39 is 0 Å². The van der Waals surface area contributed by atoms with Crippen LogP contribution in [-0.4, -0.2) is 0 Å². The van der Waals surface area contributed by atoms with Crippen molar-refractivity contribution in [2.45, 2.75) is 13.8 Å². The molecule has 0 atom stereocenters. The minimum Gasteiger partial charge on any atom is -0.226 e. The molecule has 0 radical (unpaired) electrons. The van der Waals surface area contributed by atoms with E-state index in [-0.39, 0.29) is 11.4 Å². The zero-order chi connectivity index (χ0) is 21.9. The van der Waals surface area contributed by atoms with E-state index >= 15 is 0 Å². The maximum atomic E-state index is 9.74. The molecule has 2 aromatic carbocycles. The Bertz CT molecular complexity index is 1430. The van der Waals surface area contributed by atoms with Crippen LogP contribution in [-0.2, 0) is 0 Å². The minimum atomic E-state index is 0.0269. The molecule has 0 N–H and O–H groups in total. The van der Waals surface area contributed by atoms with Crippen molar-refractivity contribution in [3.8, 4) is 33.0 Å². The molecule has 4 nitrogen and oxygen atoms in total. The second-order valence-corrected chi connectivity index (χ2v) is 8.52. The van der Waals surface area contributed by atoms with Gasteiger partial charge in [-0.15, -0.1) is 11.3 Å². The molecule has 31 heavy (non-hydrogen) atoms. The molecule has 0 fully saturated rings. The lowest BCUT2D eigenvalue weighted by Crippen LogP contribution is -1.93. The van der Waals surface area contributed by atoms with Crippen LogP contribution in [0.1, 0.15) is 33.4 Å². The molecular weight excluding hydrogens is 400 g/mol. The Labute approximate surface area is 183 Å². The smallest absolute Gasteiger partial charge is 0.226 e. The Morgan fingerprint density at radius 3 is 1.52 bits per heavy atom. The van der Waals surface area contributed by atoms with Crippen LogP contribution in [0.2, 0.25) is 0 Å². The second-order valence-electron chi connectivity index (χ2n) is 7.50. The molecule has 142 valence electrons. The Hall–Kier alpha value is -4.42. The highest BCUT2D eigenvalue weighted by Gasteiger charge is 2.39. The lowest BCUT2D eigenvalue weighted by atomic mass is 9.94. The molecular formula is C26H12N4S. The van der Waals surface area contributed by atoms with Crippen molar-refractivity contribution in [2.75, 3.05) is 0 Å². The van der Waals surface area contributed by atoms with Crippen molar-refractivity contribution < 1.29 is 0 Å². The van der Waals surface area contributed by atoms with Gasteiger partial charge in [-0.2, -0.15) is 0 Å². The summed E-state index contributed by atoms with van der Waals surface area (Å²) < 4.78 is 0. The van der Waals surface area contributed by atoms with Crippen molar-refractivity contribution in [1.82, 2.24) is 0 Å². The first-order valence-corrected chi connectivity index (χ1v) is 10.3. The van der Waals surface area contributed by atoms with Crippen LogP contribution in [0.25, 0.3) is 41.7 Å². The van der Waals surface area contributed by atoms with Crippen molar-refractivity contribution in [3.63, 3.8) is 0 Å². The Morgan fingerprint density at radius 2 is 1.16 bits per heavy atom. The van der Waals surface area contributed by atoms with Crippen molar-refractivity contribution in [3.05, 3.63) is 104 Å². The minimum absolute atomic E-state index is 0.0269. The van der Waals surface area contributed by atoms with Gasteiger partial charge in [-0.1, -0.05) is 47.5 Å². The number of nitrogens with zero attached hydrogens (tertiary/aromatic N) is 4. The van der Waals surface area contributed by atoms with E-state index in [1.54, 1.807) is 11.3 Å².